The minimum atomic E-state index is -0.306. The Bertz CT molecular complexity index is 374. The number of anilines is 1. The van der Waals surface area contributed by atoms with E-state index in [1.807, 2.05) is 0 Å². The normalized spacial score (nSPS) is 12.4. The number of rotatable bonds is 6. The highest BCUT2D eigenvalue weighted by Gasteiger charge is 2.12. The molecule has 0 aliphatic rings. The molecule has 0 aromatic heterocycles. The Morgan fingerprint density at radius 2 is 1.94 bits per heavy atom. The molecule has 0 spiro atoms. The van der Waals surface area contributed by atoms with Gasteiger partial charge in [0.25, 0.3) is 0 Å². The molecule has 1 unspecified atom stereocenters. The van der Waals surface area contributed by atoms with Crippen LogP contribution in [0.4, 0.5) is 5.69 Å². The minimum Gasteiger partial charge on any atom is -0.460 e. The van der Waals surface area contributed by atoms with Crippen molar-refractivity contribution >= 4 is 11.7 Å². The van der Waals surface area contributed by atoms with Gasteiger partial charge in [-0.3, -0.25) is 0 Å². The van der Waals surface area contributed by atoms with Crippen molar-refractivity contribution in [3.63, 3.8) is 0 Å². The summed E-state index contributed by atoms with van der Waals surface area (Å²) in [6, 6.07) is 7.32. The van der Waals surface area contributed by atoms with Crippen molar-refractivity contribution in [1.82, 2.24) is 5.32 Å². The van der Waals surface area contributed by atoms with Crippen molar-refractivity contribution in [2.45, 2.75) is 39.3 Å². The van der Waals surface area contributed by atoms with Crippen LogP contribution < -0.4 is 11.1 Å². The van der Waals surface area contributed by atoms with Gasteiger partial charge in [0.1, 0.15) is 6.61 Å². The zero-order chi connectivity index (χ0) is 13.5. The fourth-order valence-corrected chi connectivity index (χ4v) is 1.63. The van der Waals surface area contributed by atoms with Gasteiger partial charge in [-0.2, -0.15) is 0 Å². The fourth-order valence-electron chi connectivity index (χ4n) is 1.63. The van der Waals surface area contributed by atoms with Gasteiger partial charge in [-0.25, -0.2) is 4.79 Å². The number of carbonyl (C=O) groups excluding carboxylic acids is 1. The van der Waals surface area contributed by atoms with E-state index in [9.17, 15) is 4.79 Å². The Morgan fingerprint density at radius 3 is 2.44 bits per heavy atom. The zero-order valence-corrected chi connectivity index (χ0v) is 11.3. The molecule has 4 nitrogen and oxygen atoms in total. The number of nitrogens with two attached hydrogens (primary N) is 1. The average Bonchev–Trinajstić information content (AvgIpc) is 2.34. The second-order valence-electron chi connectivity index (χ2n) is 4.65. The Labute approximate surface area is 109 Å². The molecule has 0 aliphatic heterocycles. The molecule has 4 heteroatoms. The minimum absolute atomic E-state index is 0.197. The second-order valence-corrected chi connectivity index (χ2v) is 4.65. The predicted molar refractivity (Wildman–Crippen MR) is 73.5 cm³/mol. The first-order chi connectivity index (χ1) is 8.52. The topological polar surface area (TPSA) is 64.3 Å². The molecule has 0 fully saturated rings. The van der Waals surface area contributed by atoms with E-state index in [4.69, 9.17) is 10.5 Å². The molecular formula is C14H22N2O2. The summed E-state index contributed by atoms with van der Waals surface area (Å²) in [4.78, 5) is 11.8. The lowest BCUT2D eigenvalue weighted by Gasteiger charge is -2.19. The summed E-state index contributed by atoms with van der Waals surface area (Å²) in [6.07, 6.45) is 0.924. The Kier molecular flexibility index (Phi) is 5.65. The number of nitrogens with one attached hydrogen (secondary N) is 1. The van der Waals surface area contributed by atoms with Crippen LogP contribution in [0.25, 0.3) is 0 Å². The van der Waals surface area contributed by atoms with Crippen molar-refractivity contribution in [1.29, 1.82) is 0 Å². The Balaban J connectivity index is 2.47. The molecular weight excluding hydrogens is 228 g/mol. The molecule has 0 saturated heterocycles. The number of hydrogen-bond acceptors (Lipinski definition) is 4. The van der Waals surface area contributed by atoms with Gasteiger partial charge < -0.3 is 15.8 Å². The van der Waals surface area contributed by atoms with E-state index in [1.165, 1.54) is 0 Å². The zero-order valence-electron chi connectivity index (χ0n) is 11.3. The van der Waals surface area contributed by atoms with Gasteiger partial charge in [0, 0.05) is 17.8 Å². The third-order valence-electron chi connectivity index (χ3n) is 2.62. The summed E-state index contributed by atoms with van der Waals surface area (Å²) in [6.45, 7) is 6.60. The van der Waals surface area contributed by atoms with E-state index in [2.05, 4.69) is 26.1 Å². The van der Waals surface area contributed by atoms with E-state index in [0.29, 0.717) is 23.9 Å². The van der Waals surface area contributed by atoms with Crippen molar-refractivity contribution in [3.8, 4) is 0 Å². The Morgan fingerprint density at radius 1 is 1.33 bits per heavy atom. The van der Waals surface area contributed by atoms with Crippen molar-refractivity contribution in [3.05, 3.63) is 29.8 Å². The van der Waals surface area contributed by atoms with Crippen LogP contribution >= 0.6 is 0 Å². The van der Waals surface area contributed by atoms with Crippen molar-refractivity contribution < 1.29 is 9.53 Å². The number of carbonyl (C=O) groups is 1. The summed E-state index contributed by atoms with van der Waals surface area (Å²) in [5.74, 6) is -0.306. The van der Waals surface area contributed by atoms with E-state index >= 15 is 0 Å². The van der Waals surface area contributed by atoms with Crippen LogP contribution in [0.1, 0.15) is 37.6 Å². The molecule has 1 aromatic rings. The predicted octanol–water partition coefficient (Wildman–Crippen LogP) is 2.20. The molecule has 0 aliphatic carbocycles. The summed E-state index contributed by atoms with van der Waals surface area (Å²) in [5.41, 5.74) is 6.73. The molecule has 1 aromatic carbocycles. The number of esters is 1. The lowest BCUT2D eigenvalue weighted by Crippen LogP contribution is -2.38. The summed E-state index contributed by atoms with van der Waals surface area (Å²) >= 11 is 0. The van der Waals surface area contributed by atoms with Crippen LogP contribution in [-0.4, -0.2) is 24.7 Å². The molecule has 1 atom stereocenters. The van der Waals surface area contributed by atoms with Crippen LogP contribution in [0.3, 0.4) is 0 Å². The quantitative estimate of drug-likeness (QED) is 0.600. The van der Waals surface area contributed by atoms with E-state index < -0.39 is 0 Å². The first-order valence-electron chi connectivity index (χ1n) is 6.31. The molecule has 0 radical (unpaired) electrons. The Hall–Kier alpha value is -1.55. The number of ether oxygens (including phenoxy) is 1. The first-order valence-corrected chi connectivity index (χ1v) is 6.31. The third-order valence-corrected chi connectivity index (χ3v) is 2.62. The SMILES string of the molecule is CCC(COC(=O)c1ccc(N)cc1)NC(C)C. The highest BCUT2D eigenvalue weighted by Crippen LogP contribution is 2.07. The molecule has 3 N–H and O–H groups in total. The molecule has 100 valence electrons. The largest absolute Gasteiger partial charge is 0.460 e. The maximum absolute atomic E-state index is 11.8. The molecule has 0 saturated carbocycles. The molecule has 18 heavy (non-hydrogen) atoms. The van der Waals surface area contributed by atoms with Gasteiger partial charge in [0.05, 0.1) is 5.56 Å². The lowest BCUT2D eigenvalue weighted by molar-refractivity contribution is 0.0458. The van der Waals surface area contributed by atoms with Gasteiger partial charge in [0.15, 0.2) is 0 Å². The molecule has 1 rings (SSSR count). The maximum atomic E-state index is 11.8. The summed E-state index contributed by atoms with van der Waals surface area (Å²) < 4.78 is 5.28. The van der Waals surface area contributed by atoms with Gasteiger partial charge in [0.2, 0.25) is 0 Å². The van der Waals surface area contributed by atoms with E-state index in [0.717, 1.165) is 6.42 Å². The van der Waals surface area contributed by atoms with Crippen LogP contribution in [0, 0.1) is 0 Å². The highest BCUT2D eigenvalue weighted by atomic mass is 16.5. The number of benzene rings is 1. The third kappa shape index (κ3) is 4.75. The maximum Gasteiger partial charge on any atom is 0.338 e. The van der Waals surface area contributed by atoms with E-state index in [1.54, 1.807) is 24.3 Å². The first kappa shape index (κ1) is 14.5. The van der Waals surface area contributed by atoms with Crippen molar-refractivity contribution in [2.75, 3.05) is 12.3 Å². The second kappa shape index (κ2) is 7.01. The van der Waals surface area contributed by atoms with Gasteiger partial charge in [-0.1, -0.05) is 20.8 Å². The number of hydrogen-bond donors (Lipinski definition) is 2. The summed E-state index contributed by atoms with van der Waals surface area (Å²) in [7, 11) is 0. The molecule has 0 bridgehead atoms. The van der Waals surface area contributed by atoms with Crippen molar-refractivity contribution in [2.24, 2.45) is 0 Å². The highest BCUT2D eigenvalue weighted by molar-refractivity contribution is 5.89. The smallest absolute Gasteiger partial charge is 0.338 e. The monoisotopic (exact) mass is 250 g/mol. The lowest BCUT2D eigenvalue weighted by atomic mass is 10.2. The fraction of sp³-hybridized carbons (Fsp3) is 0.500. The summed E-state index contributed by atoms with van der Waals surface area (Å²) in [5, 5.41) is 3.35. The number of nitrogen functional groups attached to an aromatic ring is 1. The van der Waals surface area contributed by atoms with Gasteiger partial charge >= 0.3 is 5.97 Å². The molecule has 0 amide bonds. The van der Waals surface area contributed by atoms with Gasteiger partial charge in [-0.05, 0) is 30.7 Å². The van der Waals surface area contributed by atoms with E-state index in [-0.39, 0.29) is 12.0 Å². The van der Waals surface area contributed by atoms with Gasteiger partial charge in [-0.15, -0.1) is 0 Å². The standard InChI is InChI=1S/C14H22N2O2/c1-4-13(16-10(2)3)9-18-14(17)11-5-7-12(15)8-6-11/h5-8,10,13,16H,4,9,15H2,1-3H3. The molecule has 0 heterocycles. The van der Waals surface area contributed by atoms with Crippen LogP contribution in [0.2, 0.25) is 0 Å². The van der Waals surface area contributed by atoms with Crippen LogP contribution in [0.15, 0.2) is 24.3 Å². The van der Waals surface area contributed by atoms with Crippen LogP contribution in [-0.2, 0) is 4.74 Å². The average molecular weight is 250 g/mol. The van der Waals surface area contributed by atoms with Crippen LogP contribution in [0.5, 0.6) is 0 Å².